The molecule has 0 aliphatic heterocycles. The highest BCUT2D eigenvalue weighted by Gasteiger charge is 2.41. The molecule has 4 nitrogen and oxygen atoms in total. The number of nitrogens with two attached hydrogens (primary N) is 2. The lowest BCUT2D eigenvalue weighted by molar-refractivity contribution is -0.141. The molecule has 0 saturated heterocycles. The molecule has 3 rings (SSSR count). The predicted molar refractivity (Wildman–Crippen MR) is 103 cm³/mol. The zero-order valence-electron chi connectivity index (χ0n) is 17.2. The summed E-state index contributed by atoms with van der Waals surface area (Å²) in [5.41, 5.74) is 4.36. The topological polar surface area (TPSA) is 70.5 Å². The molecular formula is C21H11F11N2O2. The average molecular weight is 532 g/mol. The maximum atomic E-state index is 14.5. The average Bonchev–Trinajstić information content (AvgIpc) is 2.68. The molecule has 0 aromatic heterocycles. The molecule has 4 N–H and O–H groups in total. The molecule has 3 aromatic rings. The van der Waals surface area contributed by atoms with E-state index in [1.807, 2.05) is 0 Å². The molecule has 0 radical (unpaired) electrons. The van der Waals surface area contributed by atoms with Crippen LogP contribution in [0.1, 0.15) is 16.7 Å². The fourth-order valence-electron chi connectivity index (χ4n) is 2.94. The summed E-state index contributed by atoms with van der Waals surface area (Å²) >= 11 is 0. The zero-order chi connectivity index (χ0) is 27.2. The second-order valence-electron chi connectivity index (χ2n) is 7.15. The van der Waals surface area contributed by atoms with Crippen molar-refractivity contribution in [2.75, 3.05) is 11.5 Å². The van der Waals surface area contributed by atoms with E-state index in [9.17, 15) is 48.3 Å². The normalized spacial score (nSPS) is 12.5. The van der Waals surface area contributed by atoms with Crippen molar-refractivity contribution in [2.45, 2.75) is 18.5 Å². The first-order valence-electron chi connectivity index (χ1n) is 9.26. The van der Waals surface area contributed by atoms with E-state index in [4.69, 9.17) is 20.9 Å². The molecule has 0 bridgehead atoms. The minimum atomic E-state index is -5.62. The smallest absolute Gasteiger partial charge is 0.422 e. The number of alkyl halides is 9. The van der Waals surface area contributed by atoms with Crippen LogP contribution in [0.5, 0.6) is 23.0 Å². The number of hydrogen-bond acceptors (Lipinski definition) is 4. The van der Waals surface area contributed by atoms with Gasteiger partial charge in [0.1, 0.15) is 22.8 Å². The van der Waals surface area contributed by atoms with Crippen LogP contribution in [0.25, 0.3) is 0 Å². The van der Waals surface area contributed by atoms with E-state index < -0.39 is 81.2 Å². The fraction of sp³-hybridized carbons (Fsp3) is 0.143. The highest BCUT2D eigenvalue weighted by molar-refractivity contribution is 5.54. The molecule has 0 aliphatic carbocycles. The molecule has 0 aliphatic rings. The summed E-state index contributed by atoms with van der Waals surface area (Å²) in [5.74, 6) is -9.57. The van der Waals surface area contributed by atoms with Gasteiger partial charge in [-0.1, -0.05) is 0 Å². The summed E-state index contributed by atoms with van der Waals surface area (Å²) in [7, 11) is 0. The number of hydrogen-bond donors (Lipinski definition) is 2. The van der Waals surface area contributed by atoms with Crippen LogP contribution in [0.2, 0.25) is 0 Å². The highest BCUT2D eigenvalue weighted by atomic mass is 19.4. The van der Waals surface area contributed by atoms with Gasteiger partial charge in [0.15, 0.2) is 11.6 Å². The first-order chi connectivity index (χ1) is 16.4. The summed E-state index contributed by atoms with van der Waals surface area (Å²) in [6, 6.07) is 2.97. The Bertz CT molecular complexity index is 1300. The standard InChI is InChI=1S/C21H11F11N2O2/c22-17-15(36-13-4-9(20(27,28)29)2-11(34)6-13)7-14(16(18(17)23)21(30,31)32)35-12-3-8(19(24,25)26)1-10(33)5-12/h1-7H,33-34H2. The Morgan fingerprint density at radius 3 is 1.31 bits per heavy atom. The predicted octanol–water partition coefficient (Wildman–Crippen LogP) is 7.77. The molecule has 0 unspecified atom stereocenters. The highest BCUT2D eigenvalue weighted by Crippen LogP contribution is 2.45. The second-order valence-corrected chi connectivity index (χ2v) is 7.15. The van der Waals surface area contributed by atoms with Crippen molar-refractivity contribution in [3.8, 4) is 23.0 Å². The third kappa shape index (κ3) is 5.83. The second kappa shape index (κ2) is 8.95. The molecular weight excluding hydrogens is 521 g/mol. The molecule has 36 heavy (non-hydrogen) atoms. The van der Waals surface area contributed by atoms with Gasteiger partial charge in [-0.2, -0.15) is 43.9 Å². The summed E-state index contributed by atoms with van der Waals surface area (Å²) < 4.78 is 157. The largest absolute Gasteiger partial charge is 0.456 e. The van der Waals surface area contributed by atoms with Crippen LogP contribution >= 0.6 is 0 Å². The van der Waals surface area contributed by atoms with Gasteiger partial charge in [0.2, 0.25) is 5.82 Å². The molecule has 0 spiro atoms. The number of anilines is 2. The first-order valence-corrected chi connectivity index (χ1v) is 9.26. The SMILES string of the molecule is Nc1cc(Oc2cc(Oc3cc(N)cc(C(F)(F)F)c3)c(C(F)(F)F)c(F)c2F)cc(C(F)(F)F)c1. The van der Waals surface area contributed by atoms with Crippen molar-refractivity contribution < 1.29 is 57.8 Å². The zero-order valence-corrected chi connectivity index (χ0v) is 17.2. The summed E-state index contributed by atoms with van der Waals surface area (Å²) in [6.45, 7) is 0. The summed E-state index contributed by atoms with van der Waals surface area (Å²) in [5, 5.41) is 0. The van der Waals surface area contributed by atoms with E-state index in [0.717, 1.165) is 6.07 Å². The Morgan fingerprint density at radius 2 is 0.917 bits per heavy atom. The molecule has 0 amide bonds. The minimum absolute atomic E-state index is 0.105. The Kier molecular flexibility index (Phi) is 6.63. The van der Waals surface area contributed by atoms with Crippen LogP contribution in [-0.4, -0.2) is 0 Å². The van der Waals surface area contributed by atoms with Gasteiger partial charge in [0.25, 0.3) is 0 Å². The Labute approximate surface area is 193 Å². The van der Waals surface area contributed by atoms with Gasteiger partial charge >= 0.3 is 18.5 Å². The van der Waals surface area contributed by atoms with E-state index in [1.165, 1.54) is 0 Å². The number of benzene rings is 3. The van der Waals surface area contributed by atoms with Crippen molar-refractivity contribution in [1.29, 1.82) is 0 Å². The van der Waals surface area contributed by atoms with Gasteiger partial charge < -0.3 is 20.9 Å². The lowest BCUT2D eigenvalue weighted by Crippen LogP contribution is -2.13. The van der Waals surface area contributed by atoms with E-state index in [2.05, 4.69) is 0 Å². The molecule has 3 aromatic carbocycles. The van der Waals surface area contributed by atoms with Crippen molar-refractivity contribution in [3.63, 3.8) is 0 Å². The third-order valence-corrected chi connectivity index (χ3v) is 4.39. The van der Waals surface area contributed by atoms with Crippen molar-refractivity contribution in [3.05, 3.63) is 70.8 Å². The van der Waals surface area contributed by atoms with E-state index in [0.29, 0.717) is 24.3 Å². The van der Waals surface area contributed by atoms with Crippen LogP contribution < -0.4 is 20.9 Å². The quantitative estimate of drug-likeness (QED) is 0.266. The Balaban J connectivity index is 2.15. The van der Waals surface area contributed by atoms with Crippen molar-refractivity contribution in [2.24, 2.45) is 0 Å². The summed E-state index contributed by atoms with van der Waals surface area (Å²) in [6.07, 6.45) is -15.6. The fourth-order valence-corrected chi connectivity index (χ4v) is 2.94. The lowest BCUT2D eigenvalue weighted by atomic mass is 10.1. The lowest BCUT2D eigenvalue weighted by Gasteiger charge is -2.18. The molecule has 0 heterocycles. The maximum Gasteiger partial charge on any atom is 0.422 e. The molecule has 194 valence electrons. The van der Waals surface area contributed by atoms with Crippen LogP contribution in [0.15, 0.2) is 42.5 Å². The molecule has 0 atom stereocenters. The van der Waals surface area contributed by atoms with Gasteiger partial charge in [-0.15, -0.1) is 0 Å². The maximum absolute atomic E-state index is 14.5. The monoisotopic (exact) mass is 532 g/mol. The van der Waals surface area contributed by atoms with Gasteiger partial charge in [-0.05, 0) is 24.3 Å². The van der Waals surface area contributed by atoms with Crippen LogP contribution in [-0.2, 0) is 18.5 Å². The number of nitrogen functional groups attached to an aromatic ring is 2. The Hall–Kier alpha value is -3.91. The molecule has 15 heteroatoms. The van der Waals surface area contributed by atoms with Crippen LogP contribution in [0.4, 0.5) is 59.7 Å². The van der Waals surface area contributed by atoms with Gasteiger partial charge in [-0.3, -0.25) is 0 Å². The van der Waals surface area contributed by atoms with Gasteiger partial charge in [0.05, 0.1) is 11.1 Å². The number of halogens is 11. The number of ether oxygens (including phenoxy) is 2. The van der Waals surface area contributed by atoms with Crippen molar-refractivity contribution >= 4 is 11.4 Å². The summed E-state index contributed by atoms with van der Waals surface area (Å²) in [4.78, 5) is 0. The number of rotatable bonds is 4. The molecule has 0 saturated carbocycles. The minimum Gasteiger partial charge on any atom is -0.456 e. The van der Waals surface area contributed by atoms with E-state index >= 15 is 0 Å². The molecule has 0 fully saturated rings. The van der Waals surface area contributed by atoms with Crippen molar-refractivity contribution in [1.82, 2.24) is 0 Å². The van der Waals surface area contributed by atoms with E-state index in [-0.39, 0.29) is 12.1 Å². The Morgan fingerprint density at radius 1 is 0.500 bits per heavy atom. The third-order valence-electron chi connectivity index (χ3n) is 4.39. The van der Waals surface area contributed by atoms with Crippen LogP contribution in [0, 0.1) is 11.6 Å². The van der Waals surface area contributed by atoms with Gasteiger partial charge in [-0.25, -0.2) is 4.39 Å². The van der Waals surface area contributed by atoms with Crippen LogP contribution in [0.3, 0.4) is 0 Å². The van der Waals surface area contributed by atoms with E-state index in [1.54, 1.807) is 0 Å². The van der Waals surface area contributed by atoms with Gasteiger partial charge in [0, 0.05) is 29.6 Å². The first kappa shape index (κ1) is 26.7.